The van der Waals surface area contributed by atoms with E-state index in [1.165, 1.54) is 32.1 Å². The van der Waals surface area contributed by atoms with E-state index in [0.717, 1.165) is 19.3 Å². The molecule has 0 amide bonds. The van der Waals surface area contributed by atoms with Crippen LogP contribution in [0.2, 0.25) is 0 Å². The Kier molecular flexibility index (Phi) is 7.74. The number of nitrogens with zero attached hydrogens (tertiary/aromatic N) is 1. The van der Waals surface area contributed by atoms with Crippen molar-refractivity contribution in [2.24, 2.45) is 4.99 Å². The van der Waals surface area contributed by atoms with Crippen LogP contribution in [0.15, 0.2) is 4.99 Å². The SMILES string of the molecule is O=C1CCCCCCCCCC=NCCO1. The fourth-order valence-electron chi connectivity index (χ4n) is 1.86. The van der Waals surface area contributed by atoms with Crippen molar-refractivity contribution < 1.29 is 9.53 Å². The molecule has 0 saturated heterocycles. The van der Waals surface area contributed by atoms with E-state index >= 15 is 0 Å². The first kappa shape index (κ1) is 13.2. The van der Waals surface area contributed by atoms with Crippen LogP contribution in [0.5, 0.6) is 0 Å². The maximum atomic E-state index is 11.2. The van der Waals surface area contributed by atoms with Gasteiger partial charge in [-0.1, -0.05) is 32.1 Å². The molecule has 0 aromatic heterocycles. The monoisotopic (exact) mass is 225 g/mol. The van der Waals surface area contributed by atoms with E-state index in [0.29, 0.717) is 19.6 Å². The van der Waals surface area contributed by atoms with E-state index in [1.807, 2.05) is 6.21 Å². The van der Waals surface area contributed by atoms with Crippen molar-refractivity contribution in [1.29, 1.82) is 0 Å². The molecule has 0 N–H and O–H groups in total. The van der Waals surface area contributed by atoms with Crippen LogP contribution in [0.3, 0.4) is 0 Å². The van der Waals surface area contributed by atoms with Gasteiger partial charge in [-0.25, -0.2) is 0 Å². The first-order valence-corrected chi connectivity index (χ1v) is 6.53. The molecule has 1 heterocycles. The second kappa shape index (κ2) is 9.37. The molecular weight excluding hydrogens is 202 g/mol. The smallest absolute Gasteiger partial charge is 0.305 e. The maximum absolute atomic E-state index is 11.2. The molecule has 92 valence electrons. The molecular formula is C13H23NO2. The lowest BCUT2D eigenvalue weighted by Gasteiger charge is -2.02. The van der Waals surface area contributed by atoms with Crippen LogP contribution in [-0.2, 0) is 9.53 Å². The zero-order valence-corrected chi connectivity index (χ0v) is 10.1. The Balaban J connectivity index is 2.20. The van der Waals surface area contributed by atoms with Crippen molar-refractivity contribution in [3.8, 4) is 0 Å². The van der Waals surface area contributed by atoms with Crippen molar-refractivity contribution in [3.05, 3.63) is 0 Å². The maximum Gasteiger partial charge on any atom is 0.305 e. The molecule has 3 heteroatoms. The first-order valence-electron chi connectivity index (χ1n) is 6.53. The van der Waals surface area contributed by atoms with Crippen LogP contribution in [0, 0.1) is 0 Å². The van der Waals surface area contributed by atoms with Crippen molar-refractivity contribution >= 4 is 12.2 Å². The minimum absolute atomic E-state index is 0.0647. The van der Waals surface area contributed by atoms with Gasteiger partial charge in [-0.3, -0.25) is 9.79 Å². The molecule has 0 bridgehead atoms. The number of carbonyl (C=O) groups is 1. The van der Waals surface area contributed by atoms with Gasteiger partial charge < -0.3 is 4.74 Å². The number of cyclic esters (lactones) is 1. The Bertz CT molecular complexity index is 214. The molecule has 1 aliphatic rings. The summed E-state index contributed by atoms with van der Waals surface area (Å²) in [4.78, 5) is 15.5. The Labute approximate surface area is 98.3 Å². The molecule has 0 aromatic rings. The van der Waals surface area contributed by atoms with Gasteiger partial charge >= 0.3 is 5.97 Å². The number of rotatable bonds is 0. The second-order valence-corrected chi connectivity index (χ2v) is 4.32. The van der Waals surface area contributed by atoms with E-state index in [-0.39, 0.29) is 5.97 Å². The number of hydrogen-bond acceptors (Lipinski definition) is 3. The average Bonchev–Trinajstić information content (AvgIpc) is 2.29. The van der Waals surface area contributed by atoms with Crippen LogP contribution in [-0.4, -0.2) is 25.3 Å². The molecule has 0 unspecified atom stereocenters. The molecule has 0 atom stereocenters. The Morgan fingerprint density at radius 3 is 2.50 bits per heavy atom. The Morgan fingerprint density at radius 2 is 1.69 bits per heavy atom. The summed E-state index contributed by atoms with van der Waals surface area (Å²) in [5, 5.41) is 0. The van der Waals surface area contributed by atoms with Gasteiger partial charge in [0.1, 0.15) is 6.61 Å². The van der Waals surface area contributed by atoms with E-state index in [9.17, 15) is 4.79 Å². The molecule has 0 radical (unpaired) electrons. The third kappa shape index (κ3) is 7.43. The molecule has 0 aromatic carbocycles. The van der Waals surface area contributed by atoms with E-state index in [1.54, 1.807) is 0 Å². The lowest BCUT2D eigenvalue weighted by Crippen LogP contribution is -2.07. The molecule has 0 fully saturated rings. The third-order valence-corrected chi connectivity index (χ3v) is 2.83. The van der Waals surface area contributed by atoms with Gasteiger partial charge in [0.25, 0.3) is 0 Å². The highest BCUT2D eigenvalue weighted by molar-refractivity contribution is 5.69. The normalized spacial score (nSPS) is 21.9. The quantitative estimate of drug-likeness (QED) is 0.594. The minimum Gasteiger partial charge on any atom is -0.464 e. The van der Waals surface area contributed by atoms with Crippen LogP contribution in [0.1, 0.15) is 57.8 Å². The highest BCUT2D eigenvalue weighted by atomic mass is 16.5. The second-order valence-electron chi connectivity index (χ2n) is 4.32. The lowest BCUT2D eigenvalue weighted by atomic mass is 10.1. The fraction of sp³-hybridized carbons (Fsp3) is 0.846. The van der Waals surface area contributed by atoms with Crippen molar-refractivity contribution in [2.45, 2.75) is 57.8 Å². The Morgan fingerprint density at radius 1 is 1.00 bits per heavy atom. The molecule has 1 rings (SSSR count). The summed E-state index contributed by atoms with van der Waals surface area (Å²) in [6.07, 6.45) is 12.1. The summed E-state index contributed by atoms with van der Waals surface area (Å²) in [7, 11) is 0. The van der Waals surface area contributed by atoms with Gasteiger partial charge in [-0.05, 0) is 25.5 Å². The summed E-state index contributed by atoms with van der Waals surface area (Å²) < 4.78 is 5.07. The van der Waals surface area contributed by atoms with Gasteiger partial charge in [0.2, 0.25) is 0 Å². The topological polar surface area (TPSA) is 38.7 Å². The lowest BCUT2D eigenvalue weighted by molar-refractivity contribution is -0.143. The zero-order valence-electron chi connectivity index (χ0n) is 10.1. The van der Waals surface area contributed by atoms with Gasteiger partial charge in [-0.15, -0.1) is 0 Å². The summed E-state index contributed by atoms with van der Waals surface area (Å²) in [6.45, 7) is 1.06. The molecule has 3 nitrogen and oxygen atoms in total. The number of esters is 1. The first-order chi connectivity index (χ1) is 7.89. The molecule has 16 heavy (non-hydrogen) atoms. The number of carbonyl (C=O) groups excluding carboxylic acids is 1. The van der Waals surface area contributed by atoms with Gasteiger partial charge in [0, 0.05) is 6.42 Å². The number of ether oxygens (including phenoxy) is 1. The predicted octanol–water partition coefficient (Wildman–Crippen LogP) is 3.12. The van der Waals surface area contributed by atoms with E-state index in [2.05, 4.69) is 4.99 Å². The molecule has 0 spiro atoms. The summed E-state index contributed by atoms with van der Waals surface area (Å²) >= 11 is 0. The van der Waals surface area contributed by atoms with Crippen LogP contribution < -0.4 is 0 Å². The van der Waals surface area contributed by atoms with Crippen LogP contribution in [0.4, 0.5) is 0 Å². The molecule has 0 saturated carbocycles. The van der Waals surface area contributed by atoms with E-state index < -0.39 is 0 Å². The molecule has 0 aliphatic carbocycles. The van der Waals surface area contributed by atoms with Crippen molar-refractivity contribution in [1.82, 2.24) is 0 Å². The van der Waals surface area contributed by atoms with Gasteiger partial charge in [-0.2, -0.15) is 0 Å². The predicted molar refractivity (Wildman–Crippen MR) is 65.9 cm³/mol. The minimum atomic E-state index is -0.0647. The summed E-state index contributed by atoms with van der Waals surface area (Å²) in [5.74, 6) is -0.0647. The fourth-order valence-corrected chi connectivity index (χ4v) is 1.86. The standard InChI is InChI=1S/C13H23NO2/c15-13-9-7-5-3-1-2-4-6-8-10-14-11-12-16-13/h10H,1-9,11-12H2. The summed E-state index contributed by atoms with van der Waals surface area (Å²) in [5.41, 5.74) is 0. The van der Waals surface area contributed by atoms with Gasteiger partial charge in [0.05, 0.1) is 6.54 Å². The number of aliphatic imine (C=N–C) groups is 1. The van der Waals surface area contributed by atoms with Crippen LogP contribution in [0.25, 0.3) is 0 Å². The largest absolute Gasteiger partial charge is 0.464 e. The third-order valence-electron chi connectivity index (χ3n) is 2.83. The summed E-state index contributed by atoms with van der Waals surface area (Å²) in [6, 6.07) is 0. The average molecular weight is 225 g/mol. The number of hydrogen-bond donors (Lipinski definition) is 0. The van der Waals surface area contributed by atoms with Crippen molar-refractivity contribution in [3.63, 3.8) is 0 Å². The highest BCUT2D eigenvalue weighted by Crippen LogP contribution is 2.10. The van der Waals surface area contributed by atoms with E-state index in [4.69, 9.17) is 4.74 Å². The van der Waals surface area contributed by atoms with Crippen molar-refractivity contribution in [2.75, 3.05) is 13.2 Å². The Hall–Kier alpha value is -0.860. The molecule has 1 aliphatic heterocycles. The van der Waals surface area contributed by atoms with Crippen LogP contribution >= 0.6 is 0 Å². The highest BCUT2D eigenvalue weighted by Gasteiger charge is 2.02. The zero-order chi connectivity index (χ0) is 11.5. The van der Waals surface area contributed by atoms with Gasteiger partial charge in [0.15, 0.2) is 0 Å².